The molecule has 0 bridgehead atoms. The molecule has 1 saturated carbocycles. The number of carbonyl (C=O) groups excluding carboxylic acids is 1. The van der Waals surface area contributed by atoms with E-state index in [0.29, 0.717) is 12.6 Å². The SMILES string of the molecule is CCC1CCC(C2CCCN2CC(=O)N(C)C)CC1. The lowest BCUT2D eigenvalue weighted by Crippen LogP contribution is -2.43. The highest BCUT2D eigenvalue weighted by Gasteiger charge is 2.34. The predicted molar refractivity (Wildman–Crippen MR) is 79.0 cm³/mol. The first-order valence-corrected chi connectivity index (χ1v) is 8.06. The Morgan fingerprint density at radius 1 is 1.16 bits per heavy atom. The zero-order valence-corrected chi connectivity index (χ0v) is 12.9. The molecular formula is C16H30N2O. The largest absolute Gasteiger partial charge is 0.348 e. The van der Waals surface area contributed by atoms with Crippen molar-refractivity contribution in [2.45, 2.75) is 57.9 Å². The quantitative estimate of drug-likeness (QED) is 0.781. The number of hydrogen-bond acceptors (Lipinski definition) is 2. The van der Waals surface area contributed by atoms with Gasteiger partial charge in [0.15, 0.2) is 0 Å². The van der Waals surface area contributed by atoms with E-state index in [1.165, 1.54) is 44.9 Å². The van der Waals surface area contributed by atoms with Gasteiger partial charge in [0.1, 0.15) is 0 Å². The van der Waals surface area contributed by atoms with Crippen molar-refractivity contribution in [1.29, 1.82) is 0 Å². The molecule has 1 amide bonds. The zero-order chi connectivity index (χ0) is 13.8. The molecule has 1 aliphatic carbocycles. The Balaban J connectivity index is 1.87. The minimum Gasteiger partial charge on any atom is -0.348 e. The van der Waals surface area contributed by atoms with Crippen LogP contribution in [-0.4, -0.2) is 48.9 Å². The third-order valence-electron chi connectivity index (χ3n) is 5.26. The number of carbonyl (C=O) groups is 1. The molecule has 0 radical (unpaired) electrons. The lowest BCUT2D eigenvalue weighted by molar-refractivity contribution is -0.130. The van der Waals surface area contributed by atoms with Crippen molar-refractivity contribution in [3.63, 3.8) is 0 Å². The van der Waals surface area contributed by atoms with E-state index in [9.17, 15) is 4.79 Å². The molecule has 1 heterocycles. The summed E-state index contributed by atoms with van der Waals surface area (Å²) in [6, 6.07) is 0.682. The molecule has 2 aliphatic rings. The Labute approximate surface area is 118 Å². The smallest absolute Gasteiger partial charge is 0.236 e. The Morgan fingerprint density at radius 3 is 2.42 bits per heavy atom. The van der Waals surface area contributed by atoms with Crippen LogP contribution in [0.15, 0.2) is 0 Å². The Morgan fingerprint density at radius 2 is 1.84 bits per heavy atom. The van der Waals surface area contributed by atoms with Crippen molar-refractivity contribution in [3.8, 4) is 0 Å². The first-order valence-electron chi connectivity index (χ1n) is 8.06. The molecule has 0 spiro atoms. The van der Waals surface area contributed by atoms with Gasteiger partial charge in [-0.2, -0.15) is 0 Å². The first-order chi connectivity index (χ1) is 9.11. The van der Waals surface area contributed by atoms with Crippen LogP contribution in [0.25, 0.3) is 0 Å². The number of amides is 1. The Bertz CT molecular complexity index is 295. The maximum Gasteiger partial charge on any atom is 0.236 e. The minimum atomic E-state index is 0.258. The van der Waals surface area contributed by atoms with Crippen molar-refractivity contribution in [1.82, 2.24) is 9.80 Å². The van der Waals surface area contributed by atoms with Gasteiger partial charge in [-0.25, -0.2) is 0 Å². The maximum absolute atomic E-state index is 11.9. The molecule has 2 fully saturated rings. The van der Waals surface area contributed by atoms with Gasteiger partial charge in [-0.3, -0.25) is 9.69 Å². The third kappa shape index (κ3) is 3.71. The lowest BCUT2D eigenvalue weighted by atomic mass is 9.77. The van der Waals surface area contributed by atoms with E-state index in [1.54, 1.807) is 4.90 Å². The molecule has 1 unspecified atom stereocenters. The lowest BCUT2D eigenvalue weighted by Gasteiger charge is -2.36. The molecule has 1 aliphatic heterocycles. The molecule has 3 nitrogen and oxygen atoms in total. The average molecular weight is 266 g/mol. The van der Waals surface area contributed by atoms with Gasteiger partial charge in [0.05, 0.1) is 6.54 Å². The van der Waals surface area contributed by atoms with Gasteiger partial charge in [-0.05, 0) is 44.1 Å². The zero-order valence-electron chi connectivity index (χ0n) is 12.9. The molecule has 19 heavy (non-hydrogen) atoms. The summed E-state index contributed by atoms with van der Waals surface area (Å²) in [5, 5.41) is 0. The summed E-state index contributed by atoms with van der Waals surface area (Å²) in [7, 11) is 3.72. The standard InChI is InChI=1S/C16H30N2O/c1-4-13-7-9-14(10-8-13)15-6-5-11-18(15)12-16(19)17(2)3/h13-15H,4-12H2,1-3H3. The van der Waals surface area contributed by atoms with Gasteiger partial charge in [0.25, 0.3) is 0 Å². The molecule has 3 heteroatoms. The molecule has 0 N–H and O–H groups in total. The van der Waals surface area contributed by atoms with Crippen molar-refractivity contribution in [3.05, 3.63) is 0 Å². The van der Waals surface area contributed by atoms with E-state index in [4.69, 9.17) is 0 Å². The molecule has 1 atom stereocenters. The molecule has 2 rings (SSSR count). The highest BCUT2D eigenvalue weighted by molar-refractivity contribution is 5.77. The predicted octanol–water partition coefficient (Wildman–Crippen LogP) is 2.76. The van der Waals surface area contributed by atoms with Crippen molar-refractivity contribution in [2.75, 3.05) is 27.2 Å². The van der Waals surface area contributed by atoms with Crippen LogP contribution < -0.4 is 0 Å². The van der Waals surface area contributed by atoms with Crippen LogP contribution in [-0.2, 0) is 4.79 Å². The van der Waals surface area contributed by atoms with Crippen LogP contribution in [0.2, 0.25) is 0 Å². The summed E-state index contributed by atoms with van der Waals surface area (Å²) in [4.78, 5) is 16.1. The van der Waals surface area contributed by atoms with E-state index in [-0.39, 0.29) is 5.91 Å². The second-order valence-electron chi connectivity index (χ2n) is 6.66. The Hall–Kier alpha value is -0.570. The highest BCUT2D eigenvalue weighted by Crippen LogP contribution is 2.37. The molecule has 110 valence electrons. The molecule has 0 aromatic heterocycles. The van der Waals surface area contributed by atoms with Crippen LogP contribution in [0.4, 0.5) is 0 Å². The van der Waals surface area contributed by atoms with E-state index in [2.05, 4.69) is 11.8 Å². The highest BCUT2D eigenvalue weighted by atomic mass is 16.2. The fraction of sp³-hybridized carbons (Fsp3) is 0.938. The fourth-order valence-corrected chi connectivity index (χ4v) is 3.88. The van der Waals surface area contributed by atoms with Crippen LogP contribution in [0.3, 0.4) is 0 Å². The van der Waals surface area contributed by atoms with Crippen LogP contribution in [0.1, 0.15) is 51.9 Å². The molecule has 1 saturated heterocycles. The monoisotopic (exact) mass is 266 g/mol. The summed E-state index contributed by atoms with van der Waals surface area (Å²) in [5.41, 5.74) is 0. The average Bonchev–Trinajstić information content (AvgIpc) is 2.87. The summed E-state index contributed by atoms with van der Waals surface area (Å²) in [6.07, 6.45) is 9.52. The topological polar surface area (TPSA) is 23.6 Å². The second kappa shape index (κ2) is 6.74. The van der Waals surface area contributed by atoms with Gasteiger partial charge >= 0.3 is 0 Å². The number of hydrogen-bond donors (Lipinski definition) is 0. The van der Waals surface area contributed by atoms with Crippen molar-refractivity contribution in [2.24, 2.45) is 11.8 Å². The fourth-order valence-electron chi connectivity index (χ4n) is 3.88. The maximum atomic E-state index is 11.9. The minimum absolute atomic E-state index is 0.258. The van der Waals surface area contributed by atoms with Crippen molar-refractivity contribution < 1.29 is 4.79 Å². The van der Waals surface area contributed by atoms with Gasteiger partial charge in [-0.15, -0.1) is 0 Å². The summed E-state index contributed by atoms with van der Waals surface area (Å²) >= 11 is 0. The van der Waals surface area contributed by atoms with E-state index in [0.717, 1.165) is 18.4 Å². The van der Waals surface area contributed by atoms with Gasteiger partial charge < -0.3 is 4.90 Å². The summed E-state index contributed by atoms with van der Waals surface area (Å²) in [6.45, 7) is 4.08. The first kappa shape index (κ1) is 14.8. The van der Waals surface area contributed by atoms with Gasteiger partial charge in [0, 0.05) is 20.1 Å². The number of rotatable bonds is 4. The molecule has 0 aromatic carbocycles. The third-order valence-corrected chi connectivity index (χ3v) is 5.26. The van der Waals surface area contributed by atoms with E-state index < -0.39 is 0 Å². The number of likely N-dealkylation sites (tertiary alicyclic amines) is 1. The van der Waals surface area contributed by atoms with E-state index >= 15 is 0 Å². The van der Waals surface area contributed by atoms with Gasteiger partial charge in [-0.1, -0.05) is 26.2 Å². The summed E-state index contributed by atoms with van der Waals surface area (Å²) < 4.78 is 0. The van der Waals surface area contributed by atoms with Crippen molar-refractivity contribution >= 4 is 5.91 Å². The Kier molecular flexibility index (Phi) is 5.26. The second-order valence-corrected chi connectivity index (χ2v) is 6.66. The van der Waals surface area contributed by atoms with Crippen LogP contribution >= 0.6 is 0 Å². The number of nitrogens with zero attached hydrogens (tertiary/aromatic N) is 2. The summed E-state index contributed by atoms with van der Waals surface area (Å²) in [5.74, 6) is 2.07. The van der Waals surface area contributed by atoms with Crippen LogP contribution in [0, 0.1) is 11.8 Å². The van der Waals surface area contributed by atoms with E-state index in [1.807, 2.05) is 14.1 Å². The number of likely N-dealkylation sites (N-methyl/N-ethyl adjacent to an activating group) is 1. The molecule has 0 aromatic rings. The molecular weight excluding hydrogens is 236 g/mol. The normalized spacial score (nSPS) is 32.5. The van der Waals surface area contributed by atoms with Gasteiger partial charge in [0.2, 0.25) is 5.91 Å². The van der Waals surface area contributed by atoms with Crippen LogP contribution in [0.5, 0.6) is 0 Å².